The van der Waals surface area contributed by atoms with Crippen LogP contribution in [0, 0.1) is 0 Å². The smallest absolute Gasteiger partial charge is 0.394 e. The standard InChI is InChI=1S/C20H23FN10O10P2S2/c21-8-12(40-42(35)44)7(39-18(8)30-4-26-9-14(22)24-3-25-15(9)30)2-37-43(36,45)41-13-11(33)6(1-32)38-19(13)31-5-27-10-16(31)28-20(23)29-17(10)34/h3-8,11-13,18-19,32-33H,1-2H2,(H6-,22,23,24,25,28,29,34,35,36,44,45)/p+1/t6-,7-,8+,11+,12+,13+,18-,19-,43?/m1/s1. The predicted molar refractivity (Wildman–Crippen MR) is 157 cm³/mol. The summed E-state index contributed by atoms with van der Waals surface area (Å²) in [6, 6.07) is 0. The van der Waals surface area contributed by atoms with Crippen LogP contribution in [0.25, 0.3) is 22.3 Å². The van der Waals surface area contributed by atoms with Crippen LogP contribution in [-0.4, -0.2) is 104 Å². The van der Waals surface area contributed by atoms with Crippen LogP contribution < -0.4 is 17.0 Å². The maximum atomic E-state index is 15.7. The molecule has 2 unspecified atom stereocenters. The number of hydrogen-bond donors (Lipinski definition) is 7. The number of aromatic amines is 1. The number of imidazole rings is 2. The summed E-state index contributed by atoms with van der Waals surface area (Å²) in [7, 11) is -2.62. The number of nitrogens with one attached hydrogen (secondary N) is 1. The van der Waals surface area contributed by atoms with Gasteiger partial charge < -0.3 is 40.6 Å². The number of ether oxygens (including phenoxy) is 2. The minimum absolute atomic E-state index is 0.0472. The number of aliphatic hydroxyl groups excluding tert-OH is 2. The summed E-state index contributed by atoms with van der Waals surface area (Å²) >= 11 is 8.89. The molecule has 0 amide bonds. The van der Waals surface area contributed by atoms with Gasteiger partial charge in [-0.3, -0.25) is 23.4 Å². The highest BCUT2D eigenvalue weighted by Gasteiger charge is 2.53. The van der Waals surface area contributed by atoms with Crippen molar-refractivity contribution in [2.45, 2.75) is 49.1 Å². The summed E-state index contributed by atoms with van der Waals surface area (Å²) in [5.41, 5.74) is 11.0. The number of thiol groups is 1. The first-order chi connectivity index (χ1) is 21.4. The van der Waals surface area contributed by atoms with Crippen LogP contribution in [0.4, 0.5) is 16.2 Å². The molecule has 4 aromatic rings. The lowest BCUT2D eigenvalue weighted by Gasteiger charge is -2.27. The van der Waals surface area contributed by atoms with Gasteiger partial charge in [-0.05, 0) is 16.4 Å². The van der Waals surface area contributed by atoms with Crippen molar-refractivity contribution < 1.29 is 47.1 Å². The fourth-order valence-corrected chi connectivity index (χ4v) is 7.23. The van der Waals surface area contributed by atoms with Crippen molar-refractivity contribution in [3.8, 4) is 0 Å². The van der Waals surface area contributed by atoms with E-state index in [2.05, 4.69) is 42.2 Å². The molecule has 4 aromatic heterocycles. The molecule has 0 aromatic carbocycles. The highest BCUT2D eigenvalue weighted by atomic mass is 32.7. The number of halogens is 1. The van der Waals surface area contributed by atoms with Gasteiger partial charge in [-0.1, -0.05) is 0 Å². The Hall–Kier alpha value is -2.79. The van der Waals surface area contributed by atoms with Gasteiger partial charge in [0, 0.05) is 0 Å². The average Bonchev–Trinajstić information content (AvgIpc) is 3.73. The third-order valence-corrected chi connectivity index (χ3v) is 9.28. The molecule has 6 heterocycles. The second-order valence-corrected chi connectivity index (χ2v) is 14.2. The maximum absolute atomic E-state index is 15.7. The molecule has 8 N–H and O–H groups in total. The molecule has 0 saturated carbocycles. The quantitative estimate of drug-likeness (QED) is 0.0784. The zero-order valence-electron chi connectivity index (χ0n) is 22.4. The van der Waals surface area contributed by atoms with Gasteiger partial charge in [-0.2, -0.15) is 4.98 Å². The van der Waals surface area contributed by atoms with Crippen molar-refractivity contribution in [1.29, 1.82) is 0 Å². The van der Waals surface area contributed by atoms with Crippen LogP contribution in [0.5, 0.6) is 0 Å². The largest absolute Gasteiger partial charge is 0.582 e. The fourth-order valence-electron chi connectivity index (χ4n) is 5.03. The Bertz CT molecular complexity index is 1870. The van der Waals surface area contributed by atoms with E-state index in [1.807, 2.05) is 0 Å². The number of H-pyrrole nitrogens is 1. The number of nitrogens with zero attached hydrogens (tertiary/aromatic N) is 7. The van der Waals surface area contributed by atoms with Crippen molar-refractivity contribution in [3.05, 3.63) is 29.3 Å². The number of nitrogens with two attached hydrogens (primary N) is 2. The second kappa shape index (κ2) is 12.4. The maximum Gasteiger partial charge on any atom is 0.582 e. The Morgan fingerprint density at radius 1 is 1.11 bits per heavy atom. The number of fused-ring (bicyclic) bond motifs is 2. The highest BCUT2D eigenvalue weighted by Crippen LogP contribution is 2.51. The summed E-state index contributed by atoms with van der Waals surface area (Å²) < 4.78 is 57.8. The molecule has 0 bridgehead atoms. The van der Waals surface area contributed by atoms with Crippen molar-refractivity contribution in [2.24, 2.45) is 0 Å². The van der Waals surface area contributed by atoms with E-state index in [-0.39, 0.29) is 34.1 Å². The summed E-state index contributed by atoms with van der Waals surface area (Å²) in [6.07, 6.45) is -8.30. The lowest BCUT2D eigenvalue weighted by molar-refractivity contribution is -0.0542. The Morgan fingerprint density at radius 3 is 2.51 bits per heavy atom. The minimum Gasteiger partial charge on any atom is -0.394 e. The molecule has 0 radical (unpaired) electrons. The van der Waals surface area contributed by atoms with Gasteiger partial charge in [-0.15, -0.1) is 4.52 Å². The molecule has 2 saturated heterocycles. The van der Waals surface area contributed by atoms with Crippen LogP contribution >= 0.6 is 26.2 Å². The average molecular weight is 710 g/mol. The number of rotatable bonds is 10. The van der Waals surface area contributed by atoms with Gasteiger partial charge in [0.05, 0.1) is 25.9 Å². The van der Waals surface area contributed by atoms with Crippen LogP contribution in [0.1, 0.15) is 12.5 Å². The van der Waals surface area contributed by atoms with Crippen molar-refractivity contribution in [3.63, 3.8) is 0 Å². The Morgan fingerprint density at radius 2 is 1.80 bits per heavy atom. The van der Waals surface area contributed by atoms with Crippen molar-refractivity contribution in [2.75, 3.05) is 24.7 Å². The van der Waals surface area contributed by atoms with Gasteiger partial charge in [-0.25, -0.2) is 24.3 Å². The first-order valence-electron chi connectivity index (χ1n) is 12.8. The number of aliphatic hydroxyl groups is 2. The van der Waals surface area contributed by atoms with Crippen LogP contribution in [0.3, 0.4) is 0 Å². The molecule has 25 heteroatoms. The molecule has 2 aliphatic heterocycles. The number of aromatic nitrogens is 8. The summed E-state index contributed by atoms with van der Waals surface area (Å²) in [4.78, 5) is 45.6. The van der Waals surface area contributed by atoms with E-state index >= 15 is 4.39 Å². The van der Waals surface area contributed by atoms with Gasteiger partial charge in [0.15, 0.2) is 47.4 Å². The molecule has 20 nitrogen and oxygen atoms in total. The zero-order chi connectivity index (χ0) is 32.2. The lowest BCUT2D eigenvalue weighted by Crippen LogP contribution is -2.35. The molecule has 10 atom stereocenters. The summed E-state index contributed by atoms with van der Waals surface area (Å²) in [6.45, 7) is -5.64. The van der Waals surface area contributed by atoms with Gasteiger partial charge >= 0.3 is 13.9 Å². The normalized spacial score (nSPS) is 30.3. The first-order valence-corrected chi connectivity index (χ1v) is 17.7. The Kier molecular flexibility index (Phi) is 8.89. The van der Waals surface area contributed by atoms with E-state index in [9.17, 15) is 24.5 Å². The molecule has 6 rings (SSSR count). The van der Waals surface area contributed by atoms with Crippen molar-refractivity contribution >= 4 is 72.1 Å². The topological polar surface area (TPSA) is 283 Å². The molecular weight excluding hydrogens is 685 g/mol. The van der Waals surface area contributed by atoms with Gasteiger partial charge in [0.2, 0.25) is 5.95 Å². The lowest BCUT2D eigenvalue weighted by atomic mass is 10.1. The van der Waals surface area contributed by atoms with E-state index in [1.165, 1.54) is 15.5 Å². The Labute approximate surface area is 261 Å². The highest BCUT2D eigenvalue weighted by molar-refractivity contribution is 8.39. The molecule has 2 fully saturated rings. The Balaban J connectivity index is 1.22. The van der Waals surface area contributed by atoms with E-state index in [0.717, 1.165) is 12.7 Å². The number of anilines is 2. The SMILES string of the molecule is Nc1nc2c(ncn2[C@@H]2O[C@H](CO)[C@H](O)[C@@H]2OP(O)(=S)OC[C@H]2O[C@@H](n3cnc4c(N)ncnc43)[C@@H](F)[C@H]2O[P+](=O)S)c(=O)[nH]1. The molecular formula is C20H24FN10O10P2S2+. The molecule has 45 heavy (non-hydrogen) atoms. The first kappa shape index (κ1) is 32.2. The molecule has 0 spiro atoms. The number of hydrogen-bond acceptors (Lipinski definition) is 17. The fraction of sp³-hybridized carbons (Fsp3) is 0.500. The van der Waals surface area contributed by atoms with E-state index in [0.29, 0.717) is 0 Å². The molecule has 242 valence electrons. The van der Waals surface area contributed by atoms with Crippen LogP contribution in [0.15, 0.2) is 23.8 Å². The monoisotopic (exact) mass is 709 g/mol. The van der Waals surface area contributed by atoms with Crippen LogP contribution in [-0.2, 0) is 39.4 Å². The third-order valence-electron chi connectivity index (χ3n) is 7.01. The summed E-state index contributed by atoms with van der Waals surface area (Å²) in [5.74, 6) is -0.189. The molecule has 2 aliphatic rings. The predicted octanol–water partition coefficient (Wildman–Crippen LogP) is -0.799. The van der Waals surface area contributed by atoms with E-state index < -0.39 is 81.9 Å². The van der Waals surface area contributed by atoms with Crippen LogP contribution in [0.2, 0.25) is 0 Å². The third kappa shape index (κ3) is 6.06. The number of nitrogen functional groups attached to an aromatic ring is 2. The summed E-state index contributed by atoms with van der Waals surface area (Å²) in [5, 5.41) is 20.6. The number of alkyl halides is 1. The van der Waals surface area contributed by atoms with Crippen molar-refractivity contribution in [1.82, 2.24) is 39.0 Å². The zero-order valence-corrected chi connectivity index (χ0v) is 25.9. The molecule has 0 aliphatic carbocycles. The van der Waals surface area contributed by atoms with Gasteiger partial charge in [0.25, 0.3) is 5.56 Å². The van der Waals surface area contributed by atoms with Gasteiger partial charge in [0.1, 0.15) is 48.5 Å². The van der Waals surface area contributed by atoms with E-state index in [1.54, 1.807) is 0 Å². The van der Waals surface area contributed by atoms with E-state index in [4.69, 9.17) is 46.3 Å². The second-order valence-electron chi connectivity index (χ2n) is 9.75. The minimum atomic E-state index is -4.33.